The Morgan fingerprint density at radius 2 is 1.86 bits per heavy atom. The summed E-state index contributed by atoms with van der Waals surface area (Å²) in [6, 6.07) is 9.10. The van der Waals surface area contributed by atoms with Gasteiger partial charge in [-0.15, -0.1) is 0 Å². The van der Waals surface area contributed by atoms with Crippen LogP contribution in [-0.4, -0.2) is 46.7 Å². The van der Waals surface area contributed by atoms with E-state index in [9.17, 15) is 12.8 Å². The summed E-state index contributed by atoms with van der Waals surface area (Å²) in [6.07, 6.45) is 0. The smallest absolute Gasteiger partial charge is 0.222 e. The number of aromatic amines is 1. The van der Waals surface area contributed by atoms with Gasteiger partial charge in [-0.1, -0.05) is 0 Å². The minimum absolute atomic E-state index is 0.0875. The molecule has 0 spiro atoms. The lowest BCUT2D eigenvalue weighted by Gasteiger charge is -2.30. The number of aryl methyl sites for hydroxylation is 1. The number of methoxy groups -OCH3 is 1. The third kappa shape index (κ3) is 3.12. The van der Waals surface area contributed by atoms with Gasteiger partial charge in [0.1, 0.15) is 16.6 Å². The Morgan fingerprint density at radius 3 is 2.57 bits per heavy atom. The van der Waals surface area contributed by atoms with Gasteiger partial charge >= 0.3 is 0 Å². The van der Waals surface area contributed by atoms with Crippen LogP contribution in [0.25, 0.3) is 10.9 Å². The van der Waals surface area contributed by atoms with Gasteiger partial charge in [0.2, 0.25) is 9.84 Å². The Morgan fingerprint density at radius 1 is 1.11 bits per heavy atom. The third-order valence-corrected chi connectivity index (χ3v) is 6.98. The highest BCUT2D eigenvalue weighted by molar-refractivity contribution is 7.91. The topological polar surface area (TPSA) is 74.4 Å². The molecule has 8 heteroatoms. The Labute approximate surface area is 163 Å². The van der Waals surface area contributed by atoms with Gasteiger partial charge in [0.05, 0.1) is 17.7 Å². The van der Waals surface area contributed by atoms with E-state index in [0.717, 1.165) is 31.9 Å². The van der Waals surface area contributed by atoms with Crippen molar-refractivity contribution in [2.45, 2.75) is 16.8 Å². The van der Waals surface area contributed by atoms with Gasteiger partial charge in [-0.25, -0.2) is 12.8 Å². The van der Waals surface area contributed by atoms with Gasteiger partial charge in [-0.05, 0) is 48.9 Å². The van der Waals surface area contributed by atoms with Crippen molar-refractivity contribution in [2.75, 3.05) is 38.2 Å². The van der Waals surface area contributed by atoms with Crippen molar-refractivity contribution in [1.29, 1.82) is 0 Å². The first-order valence-electron chi connectivity index (χ1n) is 9.08. The van der Waals surface area contributed by atoms with E-state index in [2.05, 4.69) is 15.2 Å². The molecule has 28 heavy (non-hydrogen) atoms. The molecule has 0 saturated carbocycles. The highest BCUT2D eigenvalue weighted by atomic mass is 32.2. The maximum absolute atomic E-state index is 13.6. The fourth-order valence-corrected chi connectivity index (χ4v) is 5.16. The SMILES string of the molecule is COc1ccc(S(=O)(=O)c2[nH]c3ccc(F)cc3c2C)cc1N1CCNCC1. The summed E-state index contributed by atoms with van der Waals surface area (Å²) in [4.78, 5) is 5.24. The number of rotatable bonds is 4. The molecule has 2 N–H and O–H groups in total. The van der Waals surface area contributed by atoms with Crippen molar-refractivity contribution in [3.8, 4) is 5.75 Å². The summed E-state index contributed by atoms with van der Waals surface area (Å²) in [7, 11) is -2.23. The van der Waals surface area contributed by atoms with Crippen molar-refractivity contribution < 1.29 is 17.5 Å². The molecule has 0 unspecified atom stereocenters. The molecular formula is C20H22FN3O3S. The quantitative estimate of drug-likeness (QED) is 0.701. The molecular weight excluding hydrogens is 381 g/mol. The van der Waals surface area contributed by atoms with E-state index in [-0.39, 0.29) is 9.92 Å². The Hall–Kier alpha value is -2.58. The number of aromatic nitrogens is 1. The number of anilines is 1. The average molecular weight is 403 g/mol. The molecule has 4 rings (SSSR count). The predicted molar refractivity (Wildman–Crippen MR) is 107 cm³/mol. The van der Waals surface area contributed by atoms with E-state index >= 15 is 0 Å². The van der Waals surface area contributed by atoms with Crippen LogP contribution >= 0.6 is 0 Å². The number of fused-ring (bicyclic) bond motifs is 1. The van der Waals surface area contributed by atoms with Crippen molar-refractivity contribution >= 4 is 26.4 Å². The minimum Gasteiger partial charge on any atom is -0.495 e. The van der Waals surface area contributed by atoms with Crippen molar-refractivity contribution in [2.24, 2.45) is 0 Å². The maximum atomic E-state index is 13.6. The lowest BCUT2D eigenvalue weighted by atomic mass is 10.2. The van der Waals surface area contributed by atoms with Crippen molar-refractivity contribution in [3.63, 3.8) is 0 Å². The van der Waals surface area contributed by atoms with E-state index in [0.29, 0.717) is 22.2 Å². The molecule has 2 heterocycles. The molecule has 3 aromatic rings. The fourth-order valence-electron chi connectivity index (χ4n) is 3.65. The summed E-state index contributed by atoms with van der Waals surface area (Å²) in [5, 5.41) is 3.93. The molecule has 1 aromatic heterocycles. The number of nitrogens with one attached hydrogen (secondary N) is 2. The fraction of sp³-hybridized carbons (Fsp3) is 0.300. The summed E-state index contributed by atoms with van der Waals surface area (Å²) in [5.41, 5.74) is 1.85. The molecule has 0 radical (unpaired) electrons. The lowest BCUT2D eigenvalue weighted by molar-refractivity contribution is 0.412. The monoisotopic (exact) mass is 403 g/mol. The number of hydrogen-bond acceptors (Lipinski definition) is 5. The molecule has 0 bridgehead atoms. The summed E-state index contributed by atoms with van der Waals surface area (Å²) in [6.45, 7) is 4.88. The van der Waals surface area contributed by atoms with Crippen molar-refractivity contribution in [1.82, 2.24) is 10.3 Å². The first kappa shape index (κ1) is 18.8. The zero-order valence-electron chi connectivity index (χ0n) is 15.8. The number of ether oxygens (including phenoxy) is 1. The van der Waals surface area contributed by atoms with E-state index < -0.39 is 15.7 Å². The third-order valence-electron chi connectivity index (χ3n) is 5.16. The van der Waals surface area contributed by atoms with E-state index in [1.165, 1.54) is 12.1 Å². The molecule has 148 valence electrons. The second-order valence-corrected chi connectivity index (χ2v) is 8.73. The Bertz CT molecular complexity index is 1140. The standard InChI is InChI=1S/C20H22FN3O3S/c1-13-16-11-14(21)3-5-17(16)23-20(13)28(25,26)15-4-6-19(27-2)18(12-15)24-9-7-22-8-10-24/h3-6,11-12,22-23H,7-10H2,1-2H3. The number of halogens is 1. The van der Waals surface area contributed by atoms with Crippen LogP contribution in [0.4, 0.5) is 10.1 Å². The highest BCUT2D eigenvalue weighted by Crippen LogP contribution is 2.35. The van der Waals surface area contributed by atoms with E-state index in [1.807, 2.05) is 0 Å². The molecule has 0 aliphatic carbocycles. The highest BCUT2D eigenvalue weighted by Gasteiger charge is 2.26. The average Bonchev–Trinajstić information content (AvgIpc) is 3.05. The maximum Gasteiger partial charge on any atom is 0.222 e. The molecule has 1 aliphatic heterocycles. The van der Waals surface area contributed by atoms with Crippen LogP contribution < -0.4 is 15.0 Å². The molecule has 0 amide bonds. The molecule has 1 fully saturated rings. The van der Waals surface area contributed by atoms with Crippen LogP contribution in [0, 0.1) is 12.7 Å². The number of hydrogen-bond donors (Lipinski definition) is 2. The van der Waals surface area contributed by atoms with Crippen LogP contribution in [0.1, 0.15) is 5.56 Å². The summed E-state index contributed by atoms with van der Waals surface area (Å²) >= 11 is 0. The van der Waals surface area contributed by atoms with Crippen LogP contribution in [-0.2, 0) is 9.84 Å². The molecule has 0 atom stereocenters. The number of sulfone groups is 1. The molecule has 6 nitrogen and oxygen atoms in total. The largest absolute Gasteiger partial charge is 0.495 e. The van der Waals surface area contributed by atoms with Gasteiger partial charge in [0.25, 0.3) is 0 Å². The Balaban J connectivity index is 1.82. The van der Waals surface area contributed by atoms with E-state index in [1.54, 1.807) is 38.3 Å². The second-order valence-electron chi connectivity index (χ2n) is 6.84. The predicted octanol–water partition coefficient (Wildman–Crippen LogP) is 2.87. The number of piperazine rings is 1. The first-order chi connectivity index (χ1) is 13.4. The zero-order valence-corrected chi connectivity index (χ0v) is 16.6. The van der Waals surface area contributed by atoms with Crippen molar-refractivity contribution in [3.05, 3.63) is 47.8 Å². The number of H-pyrrole nitrogens is 1. The number of benzene rings is 2. The zero-order chi connectivity index (χ0) is 19.9. The summed E-state index contributed by atoms with van der Waals surface area (Å²) < 4.78 is 45.7. The van der Waals surface area contributed by atoms with Gasteiger partial charge in [-0.2, -0.15) is 0 Å². The van der Waals surface area contributed by atoms with Gasteiger partial charge < -0.3 is 19.9 Å². The molecule has 1 aliphatic rings. The molecule has 2 aromatic carbocycles. The van der Waals surface area contributed by atoms with Crippen LogP contribution in [0.3, 0.4) is 0 Å². The van der Waals surface area contributed by atoms with Crippen LogP contribution in [0.5, 0.6) is 5.75 Å². The van der Waals surface area contributed by atoms with Gasteiger partial charge in [0.15, 0.2) is 0 Å². The van der Waals surface area contributed by atoms with Crippen LogP contribution in [0.15, 0.2) is 46.3 Å². The molecule has 1 saturated heterocycles. The normalized spacial score (nSPS) is 15.2. The van der Waals surface area contributed by atoms with Gasteiger partial charge in [-0.3, -0.25) is 0 Å². The van der Waals surface area contributed by atoms with Crippen LogP contribution in [0.2, 0.25) is 0 Å². The second kappa shape index (κ2) is 7.10. The lowest BCUT2D eigenvalue weighted by Crippen LogP contribution is -2.43. The van der Waals surface area contributed by atoms with E-state index in [4.69, 9.17) is 4.74 Å². The Kier molecular flexibility index (Phi) is 4.76. The number of nitrogens with zero attached hydrogens (tertiary/aromatic N) is 1. The summed E-state index contributed by atoms with van der Waals surface area (Å²) in [5.74, 6) is 0.236. The first-order valence-corrected chi connectivity index (χ1v) is 10.6. The minimum atomic E-state index is -3.81. The van der Waals surface area contributed by atoms with Gasteiger partial charge in [0, 0.05) is 37.1 Å².